The highest BCUT2D eigenvalue weighted by molar-refractivity contribution is 5.88. The summed E-state index contributed by atoms with van der Waals surface area (Å²) in [4.78, 5) is 27.6. The van der Waals surface area contributed by atoms with E-state index in [1.165, 1.54) is 0 Å². The maximum absolute atomic E-state index is 13.4. The van der Waals surface area contributed by atoms with Gasteiger partial charge in [-0.05, 0) is 36.6 Å². The minimum absolute atomic E-state index is 0.0176. The lowest BCUT2D eigenvalue weighted by Crippen LogP contribution is -2.52. The standard InChI is InChI=1S/C26H28N6O/c33-26(23(16-19-8-3-1-4-9-19)30-20-10-5-2-6-11-20)31-21-12-7-15-32(17-21)25-22-13-14-27-24(22)28-18-29-25/h1-6,8-11,13-14,18,21,23,30H,7,12,15-17H2,(H,31,33)(H,27,28,29)/t21-,23-/m1/s1. The number of H-pyrrole nitrogens is 1. The molecule has 4 aromatic rings. The molecule has 3 N–H and O–H groups in total. The number of fused-ring (bicyclic) bond motifs is 1. The summed E-state index contributed by atoms with van der Waals surface area (Å²) in [6.45, 7) is 1.64. The second kappa shape index (κ2) is 9.73. The minimum Gasteiger partial charge on any atom is -0.373 e. The zero-order valence-electron chi connectivity index (χ0n) is 18.4. The number of carbonyl (C=O) groups is 1. The van der Waals surface area contributed by atoms with Crippen molar-refractivity contribution in [3.05, 3.63) is 84.8 Å². The maximum Gasteiger partial charge on any atom is 0.243 e. The van der Waals surface area contributed by atoms with Gasteiger partial charge in [0.25, 0.3) is 0 Å². The molecule has 2 atom stereocenters. The lowest BCUT2D eigenvalue weighted by atomic mass is 10.0. The van der Waals surface area contributed by atoms with Crippen molar-refractivity contribution in [3.63, 3.8) is 0 Å². The van der Waals surface area contributed by atoms with Gasteiger partial charge >= 0.3 is 0 Å². The Bertz CT molecular complexity index is 1150. The Morgan fingerprint density at radius 1 is 1.06 bits per heavy atom. The second-order valence-electron chi connectivity index (χ2n) is 8.48. The highest BCUT2D eigenvalue weighted by atomic mass is 16.2. The number of hydrogen-bond donors (Lipinski definition) is 3. The first kappa shape index (κ1) is 21.0. The highest BCUT2D eigenvalue weighted by Crippen LogP contribution is 2.25. The molecule has 0 saturated carbocycles. The van der Waals surface area contributed by atoms with E-state index in [-0.39, 0.29) is 18.0 Å². The average molecular weight is 441 g/mol. The summed E-state index contributed by atoms with van der Waals surface area (Å²) in [7, 11) is 0. The number of para-hydroxylation sites is 1. The molecular formula is C26H28N6O. The van der Waals surface area contributed by atoms with Gasteiger partial charge in [-0.2, -0.15) is 0 Å². The number of aromatic nitrogens is 3. The maximum atomic E-state index is 13.4. The number of piperidine rings is 1. The molecular weight excluding hydrogens is 412 g/mol. The summed E-state index contributed by atoms with van der Waals surface area (Å²) in [6.07, 6.45) is 6.04. The molecule has 0 aliphatic carbocycles. The fraction of sp³-hybridized carbons (Fsp3) is 0.269. The summed E-state index contributed by atoms with van der Waals surface area (Å²) in [5, 5.41) is 7.75. The molecule has 168 valence electrons. The van der Waals surface area contributed by atoms with Gasteiger partial charge in [0.2, 0.25) is 5.91 Å². The van der Waals surface area contributed by atoms with Crippen molar-refractivity contribution >= 4 is 28.4 Å². The number of amides is 1. The summed E-state index contributed by atoms with van der Waals surface area (Å²) in [5.41, 5.74) is 2.90. The normalized spacial score (nSPS) is 17.0. The van der Waals surface area contributed by atoms with Crippen molar-refractivity contribution in [2.45, 2.75) is 31.3 Å². The number of benzene rings is 2. The predicted octanol–water partition coefficient (Wildman–Crippen LogP) is 3.77. The van der Waals surface area contributed by atoms with Crippen molar-refractivity contribution in [1.29, 1.82) is 0 Å². The van der Waals surface area contributed by atoms with Gasteiger partial charge in [-0.1, -0.05) is 48.5 Å². The SMILES string of the molecule is O=C(N[C@@H]1CCCN(c2ncnc3[nH]ccc23)C1)[C@@H](Cc1ccccc1)Nc1ccccc1. The van der Waals surface area contributed by atoms with Crippen LogP contribution >= 0.6 is 0 Å². The molecule has 2 aromatic heterocycles. The van der Waals surface area contributed by atoms with Crippen molar-refractivity contribution < 1.29 is 4.79 Å². The number of anilines is 2. The fourth-order valence-electron chi connectivity index (χ4n) is 4.49. The third kappa shape index (κ3) is 4.98. The summed E-state index contributed by atoms with van der Waals surface area (Å²) in [6, 6.07) is 21.7. The van der Waals surface area contributed by atoms with Gasteiger partial charge in [0.05, 0.1) is 5.39 Å². The van der Waals surface area contributed by atoms with Gasteiger partial charge in [0.15, 0.2) is 0 Å². The van der Waals surface area contributed by atoms with E-state index in [1.807, 2.05) is 60.8 Å². The molecule has 7 heteroatoms. The van der Waals surface area contributed by atoms with Gasteiger partial charge in [0.1, 0.15) is 23.8 Å². The fourth-order valence-corrected chi connectivity index (χ4v) is 4.49. The predicted molar refractivity (Wildman–Crippen MR) is 131 cm³/mol. The smallest absolute Gasteiger partial charge is 0.243 e. The van der Waals surface area contributed by atoms with Gasteiger partial charge in [-0.25, -0.2) is 9.97 Å². The molecule has 0 radical (unpaired) electrons. The molecule has 3 heterocycles. The Hall–Kier alpha value is -3.87. The van der Waals surface area contributed by atoms with E-state index in [4.69, 9.17) is 0 Å². The van der Waals surface area contributed by atoms with Crippen LogP contribution in [0.5, 0.6) is 0 Å². The van der Waals surface area contributed by atoms with Crippen LogP contribution < -0.4 is 15.5 Å². The van der Waals surface area contributed by atoms with E-state index in [2.05, 4.69) is 42.6 Å². The average Bonchev–Trinajstić information content (AvgIpc) is 3.34. The van der Waals surface area contributed by atoms with Gasteiger partial charge in [0, 0.05) is 37.4 Å². The van der Waals surface area contributed by atoms with Crippen LogP contribution in [0.3, 0.4) is 0 Å². The van der Waals surface area contributed by atoms with Gasteiger partial charge in [-0.3, -0.25) is 4.79 Å². The summed E-state index contributed by atoms with van der Waals surface area (Å²) >= 11 is 0. The zero-order chi connectivity index (χ0) is 22.5. The quantitative estimate of drug-likeness (QED) is 0.407. The molecule has 1 saturated heterocycles. The first-order chi connectivity index (χ1) is 16.3. The van der Waals surface area contributed by atoms with E-state index in [0.29, 0.717) is 6.42 Å². The van der Waals surface area contributed by atoms with E-state index in [1.54, 1.807) is 6.33 Å². The molecule has 1 amide bonds. The van der Waals surface area contributed by atoms with E-state index >= 15 is 0 Å². The van der Waals surface area contributed by atoms with Crippen LogP contribution in [0.4, 0.5) is 11.5 Å². The first-order valence-electron chi connectivity index (χ1n) is 11.5. The number of aromatic amines is 1. The number of carbonyl (C=O) groups excluding carboxylic acids is 1. The Morgan fingerprint density at radius 3 is 2.67 bits per heavy atom. The van der Waals surface area contributed by atoms with Crippen LogP contribution in [-0.4, -0.2) is 46.0 Å². The Labute approximate surface area is 193 Å². The number of nitrogens with zero attached hydrogens (tertiary/aromatic N) is 3. The van der Waals surface area contributed by atoms with Crippen LogP contribution in [-0.2, 0) is 11.2 Å². The van der Waals surface area contributed by atoms with Gasteiger partial charge in [-0.15, -0.1) is 0 Å². The number of hydrogen-bond acceptors (Lipinski definition) is 5. The molecule has 2 aromatic carbocycles. The third-order valence-corrected chi connectivity index (χ3v) is 6.11. The number of nitrogens with one attached hydrogen (secondary N) is 3. The van der Waals surface area contributed by atoms with Crippen molar-refractivity contribution in [2.75, 3.05) is 23.3 Å². The third-order valence-electron chi connectivity index (χ3n) is 6.11. The lowest BCUT2D eigenvalue weighted by molar-refractivity contribution is -0.122. The van der Waals surface area contributed by atoms with Crippen LogP contribution in [0, 0.1) is 0 Å². The second-order valence-corrected chi connectivity index (χ2v) is 8.48. The highest BCUT2D eigenvalue weighted by Gasteiger charge is 2.27. The lowest BCUT2D eigenvalue weighted by Gasteiger charge is -2.35. The molecule has 0 bridgehead atoms. The zero-order valence-corrected chi connectivity index (χ0v) is 18.4. The number of rotatable bonds is 7. The first-order valence-corrected chi connectivity index (χ1v) is 11.5. The van der Waals surface area contributed by atoms with E-state index < -0.39 is 0 Å². The van der Waals surface area contributed by atoms with Crippen molar-refractivity contribution in [1.82, 2.24) is 20.3 Å². The van der Waals surface area contributed by atoms with Crippen molar-refractivity contribution in [3.8, 4) is 0 Å². The molecule has 33 heavy (non-hydrogen) atoms. The molecule has 5 rings (SSSR count). The molecule has 7 nitrogen and oxygen atoms in total. The molecule has 0 unspecified atom stereocenters. The topological polar surface area (TPSA) is 85.9 Å². The summed E-state index contributed by atoms with van der Waals surface area (Å²) in [5.74, 6) is 0.937. The van der Waals surface area contributed by atoms with Crippen LogP contribution in [0.1, 0.15) is 18.4 Å². The van der Waals surface area contributed by atoms with Gasteiger partial charge < -0.3 is 20.5 Å². The van der Waals surface area contributed by atoms with E-state index in [0.717, 1.165) is 54.0 Å². The van der Waals surface area contributed by atoms with E-state index in [9.17, 15) is 4.79 Å². The van der Waals surface area contributed by atoms with Crippen molar-refractivity contribution in [2.24, 2.45) is 0 Å². The Kier molecular flexibility index (Phi) is 6.19. The minimum atomic E-state index is -0.361. The molecule has 0 spiro atoms. The summed E-state index contributed by atoms with van der Waals surface area (Å²) < 4.78 is 0. The van der Waals surface area contributed by atoms with Crippen LogP contribution in [0.15, 0.2) is 79.3 Å². The Morgan fingerprint density at radius 2 is 1.85 bits per heavy atom. The molecule has 1 fully saturated rings. The Balaban J connectivity index is 1.30. The molecule has 1 aliphatic rings. The van der Waals surface area contributed by atoms with Crippen LogP contribution in [0.25, 0.3) is 11.0 Å². The van der Waals surface area contributed by atoms with Crippen LogP contribution in [0.2, 0.25) is 0 Å². The monoisotopic (exact) mass is 440 g/mol. The largest absolute Gasteiger partial charge is 0.373 e. The molecule has 1 aliphatic heterocycles.